The minimum absolute atomic E-state index is 0.132. The Hall–Kier alpha value is -1.78. The molecule has 2 aromatic rings. The van der Waals surface area contributed by atoms with Crippen LogP contribution in [0.4, 0.5) is 5.69 Å². The Morgan fingerprint density at radius 1 is 1.10 bits per heavy atom. The van der Waals surface area contributed by atoms with Crippen molar-refractivity contribution in [3.63, 3.8) is 0 Å². The van der Waals surface area contributed by atoms with E-state index in [0.717, 1.165) is 0 Å². The molecule has 0 spiro atoms. The number of methoxy groups -OCH3 is 1. The summed E-state index contributed by atoms with van der Waals surface area (Å²) in [5, 5.41) is 22.7. The molecule has 0 fully saturated rings. The molecule has 106 valence electrons. The third-order valence-electron chi connectivity index (χ3n) is 2.79. The Kier molecular flexibility index (Phi) is 4.47. The molecular weight excluding hydrogens is 301 g/mol. The van der Waals surface area contributed by atoms with Gasteiger partial charge in [0.2, 0.25) is 0 Å². The Morgan fingerprint density at radius 2 is 1.75 bits per heavy atom. The summed E-state index contributed by atoms with van der Waals surface area (Å²) >= 11 is 11.7. The van der Waals surface area contributed by atoms with Gasteiger partial charge in [0.15, 0.2) is 5.75 Å². The number of phenolic OH excluding ortho intramolecular Hbond substituents is 2. The molecule has 0 saturated heterocycles. The maximum Gasteiger partial charge on any atom is 0.152 e. The lowest BCUT2D eigenvalue weighted by Crippen LogP contribution is -2.00. The summed E-state index contributed by atoms with van der Waals surface area (Å²) in [5.74, 6) is 0.570. The van der Waals surface area contributed by atoms with Crippen LogP contribution in [0.3, 0.4) is 0 Å². The molecule has 20 heavy (non-hydrogen) atoms. The molecule has 0 aliphatic heterocycles. The van der Waals surface area contributed by atoms with Crippen molar-refractivity contribution in [3.8, 4) is 17.2 Å². The summed E-state index contributed by atoms with van der Waals surface area (Å²) < 4.78 is 5.01. The molecule has 0 radical (unpaired) electrons. The molecule has 2 rings (SSSR count). The zero-order valence-corrected chi connectivity index (χ0v) is 12.2. The van der Waals surface area contributed by atoms with Crippen LogP contribution in [-0.4, -0.2) is 17.3 Å². The molecule has 0 amide bonds. The monoisotopic (exact) mass is 313 g/mol. The molecular formula is C14H13Cl2NO3. The van der Waals surface area contributed by atoms with Crippen molar-refractivity contribution < 1.29 is 14.9 Å². The van der Waals surface area contributed by atoms with Crippen LogP contribution in [-0.2, 0) is 6.54 Å². The zero-order chi connectivity index (χ0) is 14.7. The van der Waals surface area contributed by atoms with Gasteiger partial charge in [-0.05, 0) is 24.3 Å². The van der Waals surface area contributed by atoms with Crippen molar-refractivity contribution in [1.82, 2.24) is 0 Å². The standard InChI is InChI=1S/C14H13Cl2NO3/c1-20-10-3-2-8(13(18)6-10)7-17-9-4-11(15)14(19)12(16)5-9/h2-6,17-19H,7H2,1H3. The van der Waals surface area contributed by atoms with Gasteiger partial charge in [-0.15, -0.1) is 0 Å². The van der Waals surface area contributed by atoms with Gasteiger partial charge in [0.1, 0.15) is 11.5 Å². The number of phenols is 2. The predicted octanol–water partition coefficient (Wildman–Crippen LogP) is 4.03. The van der Waals surface area contributed by atoms with Crippen LogP contribution in [0, 0.1) is 0 Å². The molecule has 0 aliphatic rings. The molecule has 0 heterocycles. The lowest BCUT2D eigenvalue weighted by atomic mass is 10.2. The number of ether oxygens (including phenoxy) is 1. The van der Waals surface area contributed by atoms with E-state index >= 15 is 0 Å². The minimum Gasteiger partial charge on any atom is -0.507 e. The average molecular weight is 314 g/mol. The highest BCUT2D eigenvalue weighted by atomic mass is 35.5. The molecule has 0 aliphatic carbocycles. The van der Waals surface area contributed by atoms with Crippen molar-refractivity contribution in [3.05, 3.63) is 45.9 Å². The summed E-state index contributed by atoms with van der Waals surface area (Å²) in [5.41, 5.74) is 1.35. The fourth-order valence-corrected chi connectivity index (χ4v) is 2.17. The van der Waals surface area contributed by atoms with Gasteiger partial charge in [-0.3, -0.25) is 0 Å². The van der Waals surface area contributed by atoms with E-state index in [-0.39, 0.29) is 21.5 Å². The summed E-state index contributed by atoms with van der Waals surface area (Å²) in [6.45, 7) is 0.382. The Balaban J connectivity index is 2.13. The lowest BCUT2D eigenvalue weighted by molar-refractivity contribution is 0.406. The highest BCUT2D eigenvalue weighted by Gasteiger charge is 2.08. The van der Waals surface area contributed by atoms with Gasteiger partial charge in [0.25, 0.3) is 0 Å². The highest BCUT2D eigenvalue weighted by Crippen LogP contribution is 2.35. The van der Waals surface area contributed by atoms with Crippen molar-refractivity contribution in [1.29, 1.82) is 0 Å². The van der Waals surface area contributed by atoms with E-state index in [4.69, 9.17) is 27.9 Å². The maximum atomic E-state index is 9.84. The van der Waals surface area contributed by atoms with E-state index in [9.17, 15) is 10.2 Å². The van der Waals surface area contributed by atoms with Crippen LogP contribution in [0.1, 0.15) is 5.56 Å². The van der Waals surface area contributed by atoms with Gasteiger partial charge >= 0.3 is 0 Å². The second kappa shape index (κ2) is 6.11. The molecule has 4 nitrogen and oxygen atoms in total. The molecule has 6 heteroatoms. The zero-order valence-electron chi connectivity index (χ0n) is 10.7. The summed E-state index contributed by atoms with van der Waals surface area (Å²) in [4.78, 5) is 0. The topological polar surface area (TPSA) is 61.7 Å². The normalized spacial score (nSPS) is 10.3. The molecule has 0 atom stereocenters. The maximum absolute atomic E-state index is 9.84. The van der Waals surface area contributed by atoms with Crippen LogP contribution in [0.2, 0.25) is 10.0 Å². The summed E-state index contributed by atoms with van der Waals surface area (Å²) in [6.07, 6.45) is 0. The van der Waals surface area contributed by atoms with Gasteiger partial charge < -0.3 is 20.3 Å². The lowest BCUT2D eigenvalue weighted by Gasteiger charge is -2.11. The van der Waals surface area contributed by atoms with E-state index in [1.165, 1.54) is 13.2 Å². The number of hydrogen-bond acceptors (Lipinski definition) is 4. The van der Waals surface area contributed by atoms with E-state index < -0.39 is 0 Å². The largest absolute Gasteiger partial charge is 0.507 e. The van der Waals surface area contributed by atoms with E-state index in [0.29, 0.717) is 23.5 Å². The van der Waals surface area contributed by atoms with Crippen LogP contribution < -0.4 is 10.1 Å². The van der Waals surface area contributed by atoms with Crippen LogP contribution in [0.25, 0.3) is 0 Å². The average Bonchev–Trinajstić information content (AvgIpc) is 2.43. The fraction of sp³-hybridized carbons (Fsp3) is 0.143. The quantitative estimate of drug-likeness (QED) is 0.746. The van der Waals surface area contributed by atoms with Gasteiger partial charge in [0.05, 0.1) is 17.2 Å². The minimum atomic E-state index is -0.147. The number of aromatic hydroxyl groups is 2. The molecule has 0 saturated carbocycles. The van der Waals surface area contributed by atoms with E-state index in [1.54, 1.807) is 24.3 Å². The van der Waals surface area contributed by atoms with Crippen LogP contribution in [0.5, 0.6) is 17.2 Å². The number of anilines is 1. The van der Waals surface area contributed by atoms with Gasteiger partial charge in [-0.25, -0.2) is 0 Å². The summed E-state index contributed by atoms with van der Waals surface area (Å²) in [6, 6.07) is 8.17. The van der Waals surface area contributed by atoms with Crippen molar-refractivity contribution in [2.24, 2.45) is 0 Å². The van der Waals surface area contributed by atoms with Crippen molar-refractivity contribution >= 4 is 28.9 Å². The number of nitrogens with one attached hydrogen (secondary N) is 1. The van der Waals surface area contributed by atoms with E-state index in [2.05, 4.69) is 5.32 Å². The highest BCUT2D eigenvalue weighted by molar-refractivity contribution is 6.37. The summed E-state index contributed by atoms with van der Waals surface area (Å²) in [7, 11) is 1.53. The second-order valence-corrected chi connectivity index (χ2v) is 4.95. The van der Waals surface area contributed by atoms with Gasteiger partial charge in [0, 0.05) is 23.9 Å². The van der Waals surface area contributed by atoms with Crippen molar-refractivity contribution in [2.75, 3.05) is 12.4 Å². The van der Waals surface area contributed by atoms with Gasteiger partial charge in [-0.1, -0.05) is 23.2 Å². The Labute approximate surface area is 126 Å². The van der Waals surface area contributed by atoms with Crippen LogP contribution in [0.15, 0.2) is 30.3 Å². The number of halogens is 2. The van der Waals surface area contributed by atoms with Gasteiger partial charge in [-0.2, -0.15) is 0 Å². The fourth-order valence-electron chi connectivity index (χ4n) is 1.68. The number of benzene rings is 2. The SMILES string of the molecule is COc1ccc(CNc2cc(Cl)c(O)c(Cl)c2)c(O)c1. The molecule has 0 aromatic heterocycles. The second-order valence-electron chi connectivity index (χ2n) is 4.14. The first-order valence-electron chi connectivity index (χ1n) is 5.79. The first kappa shape index (κ1) is 14.6. The van der Waals surface area contributed by atoms with E-state index in [1.807, 2.05) is 0 Å². The molecule has 3 N–H and O–H groups in total. The first-order valence-corrected chi connectivity index (χ1v) is 6.54. The first-order chi connectivity index (χ1) is 9.51. The van der Waals surface area contributed by atoms with Crippen molar-refractivity contribution in [2.45, 2.75) is 6.54 Å². The molecule has 0 bridgehead atoms. The Bertz CT molecular complexity index is 609. The molecule has 0 unspecified atom stereocenters. The smallest absolute Gasteiger partial charge is 0.152 e. The number of rotatable bonds is 4. The number of hydrogen-bond donors (Lipinski definition) is 3. The van der Waals surface area contributed by atoms with Crippen LogP contribution >= 0.6 is 23.2 Å². The Morgan fingerprint density at radius 3 is 2.30 bits per heavy atom. The molecule has 2 aromatic carbocycles. The predicted molar refractivity (Wildman–Crippen MR) is 80.1 cm³/mol. The third-order valence-corrected chi connectivity index (χ3v) is 3.37. The third kappa shape index (κ3) is 3.21.